The lowest BCUT2D eigenvalue weighted by Gasteiger charge is -2.30. The summed E-state index contributed by atoms with van der Waals surface area (Å²) in [5.41, 5.74) is 0.144. The average Bonchev–Trinajstić information content (AvgIpc) is 3.06. The number of nitro groups is 2. The number of carbonyl (C=O) groups excluding carboxylic acids is 3. The van der Waals surface area contributed by atoms with E-state index < -0.39 is 39.4 Å². The first-order chi connectivity index (χ1) is 16.6. The fourth-order valence-corrected chi connectivity index (χ4v) is 5.56. The second kappa shape index (κ2) is 9.82. The van der Waals surface area contributed by atoms with Crippen LogP contribution in [0.15, 0.2) is 48.5 Å². The van der Waals surface area contributed by atoms with Crippen LogP contribution in [0.3, 0.4) is 0 Å². The van der Waals surface area contributed by atoms with Gasteiger partial charge in [-0.05, 0) is 30.5 Å². The van der Waals surface area contributed by atoms with Crippen molar-refractivity contribution >= 4 is 61.0 Å². The molecule has 0 N–H and O–H groups in total. The lowest BCUT2D eigenvalue weighted by atomic mass is 9.81. The highest BCUT2D eigenvalue weighted by molar-refractivity contribution is 9.12. The van der Waals surface area contributed by atoms with E-state index in [-0.39, 0.29) is 33.1 Å². The number of hydrogen-bond acceptors (Lipinski definition) is 7. The van der Waals surface area contributed by atoms with E-state index in [2.05, 4.69) is 31.9 Å². The number of alkyl halides is 2. The molecular weight excluding hydrogens is 592 g/mol. The van der Waals surface area contributed by atoms with Crippen LogP contribution in [0.5, 0.6) is 0 Å². The number of benzene rings is 2. The van der Waals surface area contributed by atoms with Crippen LogP contribution in [-0.4, -0.2) is 47.2 Å². The Balaban J connectivity index is 1.70. The van der Waals surface area contributed by atoms with E-state index in [4.69, 9.17) is 0 Å². The van der Waals surface area contributed by atoms with Gasteiger partial charge in [-0.3, -0.25) is 34.6 Å². The highest BCUT2D eigenvalue weighted by Gasteiger charge is 2.54. The van der Waals surface area contributed by atoms with Gasteiger partial charge in [-0.25, -0.2) is 5.01 Å². The van der Waals surface area contributed by atoms with Crippen molar-refractivity contribution in [1.82, 2.24) is 10.0 Å². The molecule has 0 radical (unpaired) electrons. The van der Waals surface area contributed by atoms with Gasteiger partial charge in [0, 0.05) is 39.5 Å². The van der Waals surface area contributed by atoms with Crippen molar-refractivity contribution in [3.8, 4) is 0 Å². The molecule has 1 aliphatic heterocycles. The van der Waals surface area contributed by atoms with Crippen molar-refractivity contribution in [2.75, 3.05) is 0 Å². The standard InChI is InChI=1S/C22H18Br2N4O7/c23-18-9-16-17(10-19(18)24)22(31)26(21(16)30)25(11-12-1-5-14(6-2-12)27(32)33)20(29)13-3-7-15(8-4-13)28(34)35/h1-8,16-19H,9-11H2/t16-,17+,18-,19-/m0/s1. The molecule has 0 aromatic heterocycles. The molecule has 0 bridgehead atoms. The van der Waals surface area contributed by atoms with Gasteiger partial charge in [0.2, 0.25) is 0 Å². The minimum absolute atomic E-state index is 0.0195. The Labute approximate surface area is 215 Å². The highest BCUT2D eigenvalue weighted by atomic mass is 79.9. The summed E-state index contributed by atoms with van der Waals surface area (Å²) in [7, 11) is 0. The maximum Gasteiger partial charge on any atom is 0.273 e. The van der Waals surface area contributed by atoms with E-state index >= 15 is 0 Å². The van der Waals surface area contributed by atoms with Crippen molar-refractivity contribution in [3.05, 3.63) is 79.9 Å². The third-order valence-corrected chi connectivity index (χ3v) is 8.90. The van der Waals surface area contributed by atoms with E-state index in [1.54, 1.807) is 0 Å². The largest absolute Gasteiger partial charge is 0.273 e. The molecule has 1 saturated heterocycles. The molecule has 35 heavy (non-hydrogen) atoms. The summed E-state index contributed by atoms with van der Waals surface area (Å²) in [6, 6.07) is 10.2. The maximum absolute atomic E-state index is 13.5. The minimum atomic E-state index is -0.704. The SMILES string of the molecule is O=C(c1ccc([N+](=O)[O-])cc1)N(Cc1ccc([N+](=O)[O-])cc1)N1C(=O)[C@H]2C[C@H](Br)[C@@H](Br)C[C@H]2C1=O. The van der Waals surface area contributed by atoms with Crippen molar-refractivity contribution < 1.29 is 24.2 Å². The van der Waals surface area contributed by atoms with Crippen LogP contribution in [0.4, 0.5) is 11.4 Å². The predicted molar refractivity (Wildman–Crippen MR) is 130 cm³/mol. The second-order valence-electron chi connectivity index (χ2n) is 8.29. The minimum Gasteiger partial charge on any atom is -0.272 e. The Kier molecular flexibility index (Phi) is 6.99. The molecule has 13 heteroatoms. The first-order valence-corrected chi connectivity index (χ1v) is 12.4. The van der Waals surface area contributed by atoms with Crippen LogP contribution < -0.4 is 0 Å². The summed E-state index contributed by atoms with van der Waals surface area (Å²) in [6.07, 6.45) is 0.831. The summed E-state index contributed by atoms with van der Waals surface area (Å²) in [5, 5.41) is 23.8. The van der Waals surface area contributed by atoms with Gasteiger partial charge in [0.1, 0.15) is 0 Å². The van der Waals surface area contributed by atoms with Crippen LogP contribution >= 0.6 is 31.9 Å². The van der Waals surface area contributed by atoms with Gasteiger partial charge in [0.25, 0.3) is 29.1 Å². The number of imide groups is 1. The molecule has 182 valence electrons. The molecule has 1 saturated carbocycles. The van der Waals surface area contributed by atoms with E-state index in [1.807, 2.05) is 0 Å². The predicted octanol–water partition coefficient (Wildman–Crippen LogP) is 3.98. The summed E-state index contributed by atoms with van der Waals surface area (Å²) in [5.74, 6) is -2.89. The number of hydrogen-bond donors (Lipinski definition) is 0. The number of amides is 3. The zero-order valence-electron chi connectivity index (χ0n) is 18.0. The van der Waals surface area contributed by atoms with Crippen molar-refractivity contribution in [2.24, 2.45) is 11.8 Å². The van der Waals surface area contributed by atoms with Gasteiger partial charge in [-0.1, -0.05) is 44.0 Å². The Bertz CT molecular complexity index is 1180. The first-order valence-electron chi connectivity index (χ1n) is 10.5. The number of non-ortho nitro benzene ring substituents is 2. The number of nitrogens with zero attached hydrogens (tertiary/aromatic N) is 4. The maximum atomic E-state index is 13.5. The number of hydrazine groups is 1. The summed E-state index contributed by atoms with van der Waals surface area (Å²) in [4.78, 5) is 61.0. The van der Waals surface area contributed by atoms with Crippen LogP contribution in [0, 0.1) is 32.1 Å². The molecule has 2 aliphatic rings. The van der Waals surface area contributed by atoms with Crippen LogP contribution in [0.25, 0.3) is 0 Å². The van der Waals surface area contributed by atoms with Crippen molar-refractivity contribution in [1.29, 1.82) is 0 Å². The summed E-state index contributed by atoms with van der Waals surface area (Å²) < 4.78 is 0. The van der Waals surface area contributed by atoms with Gasteiger partial charge < -0.3 is 0 Å². The van der Waals surface area contributed by atoms with Crippen LogP contribution in [-0.2, 0) is 16.1 Å². The third kappa shape index (κ3) is 4.82. The highest BCUT2D eigenvalue weighted by Crippen LogP contribution is 2.44. The number of nitro benzene ring substituents is 2. The number of fused-ring (bicyclic) bond motifs is 1. The normalized spacial score (nSPS) is 23.7. The molecular formula is C22H18Br2N4O7. The van der Waals surface area contributed by atoms with Crippen LogP contribution in [0.2, 0.25) is 0 Å². The molecule has 0 spiro atoms. The molecule has 2 fully saturated rings. The van der Waals surface area contributed by atoms with Gasteiger partial charge in [-0.2, -0.15) is 5.01 Å². The van der Waals surface area contributed by atoms with E-state index in [0.717, 1.165) is 22.2 Å². The fourth-order valence-electron chi connectivity index (χ4n) is 4.32. The van der Waals surface area contributed by atoms with Crippen molar-refractivity contribution in [2.45, 2.75) is 29.0 Å². The molecule has 1 aliphatic carbocycles. The number of rotatable bonds is 6. The Morgan fingerprint density at radius 3 is 1.71 bits per heavy atom. The Morgan fingerprint density at radius 2 is 1.29 bits per heavy atom. The second-order valence-corrected chi connectivity index (χ2v) is 10.6. The van der Waals surface area contributed by atoms with Crippen molar-refractivity contribution in [3.63, 3.8) is 0 Å². The molecule has 2 aromatic carbocycles. The van der Waals surface area contributed by atoms with Gasteiger partial charge >= 0.3 is 0 Å². The molecule has 4 rings (SSSR count). The quantitative estimate of drug-likeness (QED) is 0.208. The van der Waals surface area contributed by atoms with Crippen LogP contribution in [0.1, 0.15) is 28.8 Å². The summed E-state index contributed by atoms with van der Waals surface area (Å²) >= 11 is 7.06. The van der Waals surface area contributed by atoms with E-state index in [0.29, 0.717) is 18.4 Å². The number of halogens is 2. The fraction of sp³-hybridized carbons (Fsp3) is 0.318. The van der Waals surface area contributed by atoms with Gasteiger partial charge in [-0.15, -0.1) is 0 Å². The lowest BCUT2D eigenvalue weighted by Crippen LogP contribution is -2.49. The molecule has 4 atom stereocenters. The number of carbonyl (C=O) groups is 3. The lowest BCUT2D eigenvalue weighted by molar-refractivity contribution is -0.385. The zero-order chi connectivity index (χ0) is 25.4. The Hall–Kier alpha value is -3.19. The topological polar surface area (TPSA) is 144 Å². The van der Waals surface area contributed by atoms with E-state index in [9.17, 15) is 34.6 Å². The average molecular weight is 610 g/mol. The Morgan fingerprint density at radius 1 is 0.857 bits per heavy atom. The molecule has 3 amide bonds. The van der Waals surface area contributed by atoms with E-state index in [1.165, 1.54) is 36.4 Å². The third-order valence-electron chi connectivity index (χ3n) is 6.17. The molecule has 0 unspecified atom stereocenters. The molecule has 11 nitrogen and oxygen atoms in total. The molecule has 2 aromatic rings. The summed E-state index contributed by atoms with van der Waals surface area (Å²) in [6.45, 7) is -0.208. The first kappa shape index (κ1) is 24.9. The smallest absolute Gasteiger partial charge is 0.272 e. The zero-order valence-corrected chi connectivity index (χ0v) is 21.1. The molecule has 1 heterocycles. The monoisotopic (exact) mass is 608 g/mol. The van der Waals surface area contributed by atoms with Gasteiger partial charge in [0.05, 0.1) is 28.2 Å². The van der Waals surface area contributed by atoms with Gasteiger partial charge in [0.15, 0.2) is 0 Å².